The number of aliphatic imine (C=N–C) groups is 1. The summed E-state index contributed by atoms with van der Waals surface area (Å²) in [6, 6.07) is 9.32. The van der Waals surface area contributed by atoms with Crippen LogP contribution in [-0.4, -0.2) is 41.4 Å². The van der Waals surface area contributed by atoms with Gasteiger partial charge in [0.25, 0.3) is 0 Å². The lowest BCUT2D eigenvalue weighted by molar-refractivity contribution is 0.500. The van der Waals surface area contributed by atoms with E-state index >= 15 is 0 Å². The Morgan fingerprint density at radius 1 is 1.30 bits per heavy atom. The van der Waals surface area contributed by atoms with E-state index in [9.17, 15) is 4.39 Å². The van der Waals surface area contributed by atoms with Gasteiger partial charge in [-0.3, -0.25) is 4.99 Å². The number of aromatic nitrogens is 2. The van der Waals surface area contributed by atoms with Gasteiger partial charge in [-0.1, -0.05) is 0 Å². The summed E-state index contributed by atoms with van der Waals surface area (Å²) >= 11 is 0. The molecule has 5 nitrogen and oxygen atoms in total. The topological polar surface area (TPSA) is 70.3 Å². The van der Waals surface area contributed by atoms with Crippen LogP contribution >= 0.6 is 0 Å². The minimum Gasteiger partial charge on any atom is -0.360 e. The number of piperidine rings is 1. The van der Waals surface area contributed by atoms with Gasteiger partial charge in [-0.2, -0.15) is 0 Å². The Balaban J connectivity index is 1.48. The first-order valence-electron chi connectivity index (χ1n) is 9.35. The summed E-state index contributed by atoms with van der Waals surface area (Å²) in [4.78, 5) is 14.8. The quantitative estimate of drug-likeness (QED) is 0.692. The number of nitrogens with zero attached hydrogens (tertiary/aromatic N) is 3. The van der Waals surface area contributed by atoms with Crippen LogP contribution in [0.5, 0.6) is 0 Å². The van der Waals surface area contributed by atoms with Gasteiger partial charge in [0.1, 0.15) is 11.6 Å². The maximum Gasteiger partial charge on any atom is 0.128 e. The maximum absolute atomic E-state index is 13.4. The number of anilines is 1. The van der Waals surface area contributed by atoms with Crippen molar-refractivity contribution in [3.05, 3.63) is 48.5 Å². The maximum atomic E-state index is 13.4. The van der Waals surface area contributed by atoms with Gasteiger partial charge in [0.15, 0.2) is 0 Å². The number of aromatic amines is 1. The monoisotopic (exact) mass is 365 g/mol. The van der Waals surface area contributed by atoms with Gasteiger partial charge in [0.05, 0.1) is 6.04 Å². The molecule has 0 atom stereocenters. The van der Waals surface area contributed by atoms with E-state index in [1.165, 1.54) is 12.1 Å². The average molecular weight is 365 g/mol. The number of fused-ring (bicyclic) bond motifs is 1. The highest BCUT2D eigenvalue weighted by Gasteiger charge is 2.19. The highest BCUT2D eigenvalue weighted by molar-refractivity contribution is 5.95. The van der Waals surface area contributed by atoms with Crippen molar-refractivity contribution in [2.75, 3.05) is 24.5 Å². The number of nitrogens with one attached hydrogen (secondary N) is 1. The van der Waals surface area contributed by atoms with Crippen molar-refractivity contribution < 1.29 is 4.39 Å². The summed E-state index contributed by atoms with van der Waals surface area (Å²) in [6.45, 7) is 4.42. The molecule has 3 N–H and O–H groups in total. The number of nitrogens with two attached hydrogens (primary N) is 1. The number of halogens is 1. The molecule has 1 saturated heterocycles. The molecule has 1 fully saturated rings. The van der Waals surface area contributed by atoms with E-state index in [4.69, 9.17) is 5.73 Å². The van der Waals surface area contributed by atoms with E-state index in [1.54, 1.807) is 6.07 Å². The Bertz CT molecular complexity index is 952. The molecule has 1 aromatic carbocycles. The van der Waals surface area contributed by atoms with Crippen LogP contribution in [0.25, 0.3) is 22.0 Å². The average Bonchev–Trinajstić information content (AvgIpc) is 3.11. The molecule has 4 rings (SSSR count). The molecule has 0 amide bonds. The predicted octanol–water partition coefficient (Wildman–Crippen LogP) is 3.76. The molecule has 0 spiro atoms. The number of hydrogen-bond donors (Lipinski definition) is 2. The van der Waals surface area contributed by atoms with E-state index in [2.05, 4.69) is 32.0 Å². The summed E-state index contributed by atoms with van der Waals surface area (Å²) in [5.74, 6) is 0.751. The fourth-order valence-corrected chi connectivity index (χ4v) is 3.66. The van der Waals surface area contributed by atoms with Crippen molar-refractivity contribution >= 4 is 22.4 Å². The largest absolute Gasteiger partial charge is 0.360 e. The standard InChI is InChI=1S/C21H24FN5/c1-14(11-23)26-17-6-8-27(9-7-17)21-5-2-15(12-25-21)19-13-24-20-10-16(22)3-4-18(19)20/h2-5,10,12-13,17,24H,6-9,11,23H2,1H3. The van der Waals surface area contributed by atoms with Crippen LogP contribution in [0.2, 0.25) is 0 Å². The normalized spacial score (nSPS) is 16.3. The second-order valence-electron chi connectivity index (χ2n) is 7.08. The first kappa shape index (κ1) is 17.7. The third-order valence-corrected chi connectivity index (χ3v) is 5.19. The van der Waals surface area contributed by atoms with Crippen LogP contribution in [0.15, 0.2) is 47.7 Å². The Morgan fingerprint density at radius 2 is 2.11 bits per heavy atom. The van der Waals surface area contributed by atoms with Gasteiger partial charge in [0, 0.05) is 59.8 Å². The molecular weight excluding hydrogens is 341 g/mol. The molecule has 1 aliphatic rings. The SMILES string of the molecule is CC(CN)=NC1CCN(c2ccc(-c3c[nH]c4cc(F)ccc34)cn2)CC1. The van der Waals surface area contributed by atoms with E-state index in [-0.39, 0.29) is 5.82 Å². The first-order chi connectivity index (χ1) is 13.1. The Morgan fingerprint density at radius 3 is 2.81 bits per heavy atom. The van der Waals surface area contributed by atoms with E-state index in [0.717, 1.165) is 59.5 Å². The van der Waals surface area contributed by atoms with Gasteiger partial charge in [-0.05, 0) is 50.1 Å². The number of pyridine rings is 1. The fraction of sp³-hybridized carbons (Fsp3) is 0.333. The van der Waals surface area contributed by atoms with Crippen LogP contribution in [0.4, 0.5) is 10.2 Å². The van der Waals surface area contributed by atoms with Crippen LogP contribution in [-0.2, 0) is 0 Å². The molecule has 3 heterocycles. The van der Waals surface area contributed by atoms with E-state index in [1.807, 2.05) is 19.3 Å². The molecule has 27 heavy (non-hydrogen) atoms. The van der Waals surface area contributed by atoms with Crippen LogP contribution in [0, 0.1) is 5.82 Å². The van der Waals surface area contributed by atoms with Crippen molar-refractivity contribution in [1.82, 2.24) is 9.97 Å². The molecule has 6 heteroatoms. The van der Waals surface area contributed by atoms with Gasteiger partial charge in [-0.15, -0.1) is 0 Å². The molecular formula is C21H24FN5. The predicted molar refractivity (Wildman–Crippen MR) is 109 cm³/mol. The van der Waals surface area contributed by atoms with Gasteiger partial charge in [0.2, 0.25) is 0 Å². The summed E-state index contributed by atoms with van der Waals surface area (Å²) in [5.41, 5.74) is 9.51. The zero-order valence-corrected chi connectivity index (χ0v) is 15.5. The summed E-state index contributed by atoms with van der Waals surface area (Å²) in [6.07, 6.45) is 5.84. The fourth-order valence-electron chi connectivity index (χ4n) is 3.66. The third-order valence-electron chi connectivity index (χ3n) is 5.19. The van der Waals surface area contributed by atoms with Crippen LogP contribution in [0.1, 0.15) is 19.8 Å². The van der Waals surface area contributed by atoms with Gasteiger partial charge < -0.3 is 15.6 Å². The van der Waals surface area contributed by atoms with E-state index < -0.39 is 0 Å². The molecule has 0 unspecified atom stereocenters. The third kappa shape index (κ3) is 3.71. The van der Waals surface area contributed by atoms with Gasteiger partial charge >= 0.3 is 0 Å². The van der Waals surface area contributed by atoms with Gasteiger partial charge in [-0.25, -0.2) is 9.37 Å². The number of H-pyrrole nitrogens is 1. The van der Waals surface area contributed by atoms with Crippen molar-refractivity contribution in [2.24, 2.45) is 10.7 Å². The second kappa shape index (κ2) is 7.48. The molecule has 1 aliphatic heterocycles. The summed E-state index contributed by atoms with van der Waals surface area (Å²) in [5, 5.41) is 1.000. The first-order valence-corrected chi connectivity index (χ1v) is 9.35. The van der Waals surface area contributed by atoms with Crippen molar-refractivity contribution in [2.45, 2.75) is 25.8 Å². The molecule has 0 bridgehead atoms. The Labute approximate surface area is 158 Å². The number of hydrogen-bond acceptors (Lipinski definition) is 4. The lowest BCUT2D eigenvalue weighted by Crippen LogP contribution is -2.36. The summed E-state index contributed by atoms with van der Waals surface area (Å²) < 4.78 is 13.4. The second-order valence-corrected chi connectivity index (χ2v) is 7.08. The lowest BCUT2D eigenvalue weighted by Gasteiger charge is -2.31. The zero-order valence-electron chi connectivity index (χ0n) is 15.5. The highest BCUT2D eigenvalue weighted by Crippen LogP contribution is 2.30. The molecule has 140 valence electrons. The Hall–Kier alpha value is -2.73. The van der Waals surface area contributed by atoms with Crippen LogP contribution in [0.3, 0.4) is 0 Å². The van der Waals surface area contributed by atoms with E-state index in [0.29, 0.717) is 12.6 Å². The smallest absolute Gasteiger partial charge is 0.128 e. The van der Waals surface area contributed by atoms with Crippen molar-refractivity contribution in [1.29, 1.82) is 0 Å². The molecule has 0 radical (unpaired) electrons. The molecule has 3 aromatic rings. The minimum absolute atomic E-state index is 0.237. The lowest BCUT2D eigenvalue weighted by atomic mass is 10.0. The minimum atomic E-state index is -0.237. The Kier molecular flexibility index (Phi) is 4.90. The number of rotatable bonds is 4. The zero-order chi connectivity index (χ0) is 18.8. The number of benzene rings is 1. The van der Waals surface area contributed by atoms with Crippen LogP contribution < -0.4 is 10.6 Å². The molecule has 0 aliphatic carbocycles. The molecule has 0 saturated carbocycles. The van der Waals surface area contributed by atoms with Crippen molar-refractivity contribution in [3.8, 4) is 11.1 Å². The molecule has 2 aromatic heterocycles. The highest BCUT2D eigenvalue weighted by atomic mass is 19.1. The summed E-state index contributed by atoms with van der Waals surface area (Å²) in [7, 11) is 0. The van der Waals surface area contributed by atoms with Crippen molar-refractivity contribution in [3.63, 3.8) is 0 Å².